The molecule has 0 atom stereocenters. The van der Waals surface area contributed by atoms with E-state index in [2.05, 4.69) is 9.97 Å². The number of rotatable bonds is 3. The second kappa shape index (κ2) is 5.32. The largest absolute Gasteiger partial charge is 0.494 e. The normalized spacial score (nSPS) is 10.8. The number of nitrogens with one attached hydrogen (secondary N) is 1. The highest BCUT2D eigenvalue weighted by molar-refractivity contribution is 5.57. The summed E-state index contributed by atoms with van der Waals surface area (Å²) in [5.74, 6) is -0.861. The van der Waals surface area contributed by atoms with E-state index < -0.39 is 11.4 Å². The number of hydrogen-bond acceptors (Lipinski definition) is 4. The van der Waals surface area contributed by atoms with Crippen molar-refractivity contribution in [3.63, 3.8) is 0 Å². The van der Waals surface area contributed by atoms with Crippen molar-refractivity contribution in [3.8, 4) is 23.0 Å². The minimum absolute atomic E-state index is 0.0964. The number of methoxy groups -OCH3 is 1. The Labute approximate surface area is 115 Å². The van der Waals surface area contributed by atoms with Crippen LogP contribution in [0.1, 0.15) is 25.3 Å². The van der Waals surface area contributed by atoms with Crippen molar-refractivity contribution in [2.24, 2.45) is 0 Å². The Morgan fingerprint density at radius 2 is 2.10 bits per heavy atom. The predicted octanol–water partition coefficient (Wildman–Crippen LogP) is 2.41. The van der Waals surface area contributed by atoms with Crippen molar-refractivity contribution in [1.82, 2.24) is 9.97 Å². The summed E-state index contributed by atoms with van der Waals surface area (Å²) in [6, 6.07) is 4.17. The first-order valence-electron chi connectivity index (χ1n) is 6.11. The fourth-order valence-corrected chi connectivity index (χ4v) is 1.94. The summed E-state index contributed by atoms with van der Waals surface area (Å²) in [6.07, 6.45) is 0. The number of nitrogens with zero attached hydrogens (tertiary/aromatic N) is 1. The molecule has 1 aromatic carbocycles. The molecular weight excluding hydrogens is 263 g/mol. The third-order valence-corrected chi connectivity index (χ3v) is 2.94. The maximum atomic E-state index is 13.6. The highest BCUT2D eigenvalue weighted by Crippen LogP contribution is 2.25. The Bertz CT molecular complexity index is 695. The molecule has 0 aliphatic rings. The van der Waals surface area contributed by atoms with E-state index in [9.17, 15) is 14.3 Å². The van der Waals surface area contributed by atoms with Crippen LogP contribution in [0.5, 0.6) is 11.6 Å². The first-order chi connectivity index (χ1) is 9.43. The van der Waals surface area contributed by atoms with Crippen molar-refractivity contribution in [3.05, 3.63) is 39.9 Å². The van der Waals surface area contributed by atoms with Gasteiger partial charge in [0.2, 0.25) is 5.88 Å². The molecule has 5 nitrogen and oxygen atoms in total. The standard InChI is InChI=1S/C14H15FN2O3/c1-7(2)11-13(18)16-12(17-14(11)19)8-4-5-10(20-3)9(15)6-8/h4-7H,1-3H3,(H2,16,17,18,19). The molecule has 20 heavy (non-hydrogen) atoms. The maximum absolute atomic E-state index is 13.6. The molecule has 0 aliphatic heterocycles. The summed E-state index contributed by atoms with van der Waals surface area (Å²) in [5, 5.41) is 9.82. The van der Waals surface area contributed by atoms with E-state index in [1.165, 1.54) is 19.2 Å². The zero-order valence-corrected chi connectivity index (χ0v) is 11.4. The molecule has 0 amide bonds. The first kappa shape index (κ1) is 14.0. The Morgan fingerprint density at radius 3 is 2.60 bits per heavy atom. The number of benzene rings is 1. The molecule has 106 valence electrons. The van der Waals surface area contributed by atoms with Gasteiger partial charge in [0, 0.05) is 5.56 Å². The number of aromatic hydroxyl groups is 1. The van der Waals surface area contributed by atoms with Crippen LogP contribution in [0.2, 0.25) is 0 Å². The molecule has 6 heteroatoms. The topological polar surface area (TPSA) is 75.2 Å². The summed E-state index contributed by atoms with van der Waals surface area (Å²) >= 11 is 0. The van der Waals surface area contributed by atoms with E-state index >= 15 is 0 Å². The molecule has 0 bridgehead atoms. The van der Waals surface area contributed by atoms with Crippen LogP contribution < -0.4 is 10.3 Å². The Morgan fingerprint density at radius 1 is 1.40 bits per heavy atom. The van der Waals surface area contributed by atoms with Gasteiger partial charge in [-0.25, -0.2) is 4.39 Å². The lowest BCUT2D eigenvalue weighted by atomic mass is 10.1. The van der Waals surface area contributed by atoms with Crippen molar-refractivity contribution in [2.45, 2.75) is 19.8 Å². The molecule has 0 aliphatic carbocycles. The van der Waals surface area contributed by atoms with E-state index in [0.717, 1.165) is 0 Å². The molecule has 0 spiro atoms. The lowest BCUT2D eigenvalue weighted by molar-refractivity contribution is 0.386. The highest BCUT2D eigenvalue weighted by Gasteiger charge is 2.15. The molecule has 0 saturated heterocycles. The maximum Gasteiger partial charge on any atom is 0.258 e. The van der Waals surface area contributed by atoms with E-state index in [4.69, 9.17) is 4.74 Å². The molecule has 0 radical (unpaired) electrons. The van der Waals surface area contributed by atoms with E-state index in [-0.39, 0.29) is 28.9 Å². The third-order valence-electron chi connectivity index (χ3n) is 2.94. The molecule has 2 aromatic rings. The van der Waals surface area contributed by atoms with Gasteiger partial charge in [-0.05, 0) is 24.1 Å². The average molecular weight is 278 g/mol. The van der Waals surface area contributed by atoms with Gasteiger partial charge in [0.15, 0.2) is 11.6 Å². The summed E-state index contributed by atoms with van der Waals surface area (Å²) < 4.78 is 18.5. The number of ether oxygens (including phenoxy) is 1. The zero-order chi connectivity index (χ0) is 14.9. The molecule has 1 heterocycles. The van der Waals surface area contributed by atoms with Gasteiger partial charge >= 0.3 is 0 Å². The quantitative estimate of drug-likeness (QED) is 0.904. The summed E-state index contributed by atoms with van der Waals surface area (Å²) in [4.78, 5) is 18.4. The van der Waals surface area contributed by atoms with E-state index in [1.54, 1.807) is 19.9 Å². The van der Waals surface area contributed by atoms with Crippen LogP contribution in [0.4, 0.5) is 4.39 Å². The number of aromatic nitrogens is 2. The van der Waals surface area contributed by atoms with Crippen LogP contribution >= 0.6 is 0 Å². The van der Waals surface area contributed by atoms with Crippen LogP contribution in [-0.2, 0) is 0 Å². The fourth-order valence-electron chi connectivity index (χ4n) is 1.94. The monoisotopic (exact) mass is 278 g/mol. The van der Waals surface area contributed by atoms with Crippen LogP contribution in [0.15, 0.2) is 23.0 Å². The zero-order valence-electron chi connectivity index (χ0n) is 11.4. The van der Waals surface area contributed by atoms with Crippen molar-refractivity contribution in [2.75, 3.05) is 7.11 Å². The van der Waals surface area contributed by atoms with Gasteiger partial charge in [-0.2, -0.15) is 4.98 Å². The number of hydrogen-bond donors (Lipinski definition) is 2. The van der Waals surface area contributed by atoms with Crippen LogP contribution in [-0.4, -0.2) is 22.2 Å². The first-order valence-corrected chi connectivity index (χ1v) is 6.11. The SMILES string of the molecule is COc1ccc(-c2nc(O)c(C(C)C)c(=O)[nH]2)cc1F. The summed E-state index contributed by atoms with van der Waals surface area (Å²) in [5.41, 5.74) is 0.132. The lowest BCUT2D eigenvalue weighted by Gasteiger charge is -2.09. The average Bonchev–Trinajstić information content (AvgIpc) is 2.37. The Kier molecular flexibility index (Phi) is 3.74. The molecule has 0 saturated carbocycles. The molecule has 0 fully saturated rings. The molecule has 0 unspecified atom stereocenters. The van der Waals surface area contributed by atoms with Gasteiger partial charge in [-0.1, -0.05) is 13.8 Å². The molecule has 2 rings (SSSR count). The number of aromatic amines is 1. The van der Waals surface area contributed by atoms with Gasteiger partial charge in [0.05, 0.1) is 12.7 Å². The van der Waals surface area contributed by atoms with Crippen LogP contribution in [0.25, 0.3) is 11.4 Å². The van der Waals surface area contributed by atoms with Crippen molar-refractivity contribution >= 4 is 0 Å². The summed E-state index contributed by atoms with van der Waals surface area (Å²) in [7, 11) is 1.36. The predicted molar refractivity (Wildman–Crippen MR) is 72.6 cm³/mol. The summed E-state index contributed by atoms with van der Waals surface area (Å²) in [6.45, 7) is 3.55. The van der Waals surface area contributed by atoms with Crippen LogP contribution in [0, 0.1) is 5.82 Å². The molecule has 1 aromatic heterocycles. The van der Waals surface area contributed by atoms with Gasteiger partial charge in [0.25, 0.3) is 5.56 Å². The Balaban J connectivity index is 2.54. The fraction of sp³-hybridized carbons (Fsp3) is 0.286. The van der Waals surface area contributed by atoms with Gasteiger partial charge in [-0.15, -0.1) is 0 Å². The molecular formula is C14H15FN2O3. The van der Waals surface area contributed by atoms with E-state index in [1.807, 2.05) is 0 Å². The van der Waals surface area contributed by atoms with Gasteiger partial charge in [0.1, 0.15) is 5.82 Å². The number of H-pyrrole nitrogens is 1. The van der Waals surface area contributed by atoms with Gasteiger partial charge in [-0.3, -0.25) is 4.79 Å². The minimum Gasteiger partial charge on any atom is -0.494 e. The second-order valence-electron chi connectivity index (χ2n) is 4.66. The van der Waals surface area contributed by atoms with E-state index in [0.29, 0.717) is 5.56 Å². The van der Waals surface area contributed by atoms with Crippen molar-refractivity contribution in [1.29, 1.82) is 0 Å². The van der Waals surface area contributed by atoms with Crippen LogP contribution in [0.3, 0.4) is 0 Å². The van der Waals surface area contributed by atoms with Gasteiger partial charge < -0.3 is 14.8 Å². The molecule has 2 N–H and O–H groups in total. The lowest BCUT2D eigenvalue weighted by Crippen LogP contribution is -2.16. The second-order valence-corrected chi connectivity index (χ2v) is 4.66. The Hall–Kier alpha value is -2.37. The smallest absolute Gasteiger partial charge is 0.258 e. The minimum atomic E-state index is -0.569. The number of halogens is 1. The third kappa shape index (κ3) is 2.49. The highest BCUT2D eigenvalue weighted by atomic mass is 19.1. The van der Waals surface area contributed by atoms with Crippen molar-refractivity contribution < 1.29 is 14.2 Å².